The predicted molar refractivity (Wildman–Crippen MR) is 62.5 cm³/mol. The normalized spacial score (nSPS) is 12.3. The summed E-state index contributed by atoms with van der Waals surface area (Å²) >= 11 is 0. The Balaban J connectivity index is 2.58. The van der Waals surface area contributed by atoms with Crippen LogP contribution in [0.15, 0.2) is 59.5 Å². The molecule has 0 aromatic heterocycles. The summed E-state index contributed by atoms with van der Waals surface area (Å²) in [6.07, 6.45) is 0. The van der Waals surface area contributed by atoms with Crippen LogP contribution in [0.25, 0.3) is 11.1 Å². The van der Waals surface area contributed by atoms with E-state index in [0.717, 1.165) is 11.1 Å². The molecule has 1 atom stereocenters. The smallest absolute Gasteiger partial charge is 0.122 e. The molecule has 0 saturated heterocycles. The van der Waals surface area contributed by atoms with Crippen LogP contribution in [-0.2, 0) is 11.0 Å². The molecule has 0 aliphatic carbocycles. The summed E-state index contributed by atoms with van der Waals surface area (Å²) in [5, 5.41) is 5.42. The molecule has 0 aliphatic heterocycles. The molecule has 2 nitrogen and oxygen atoms in total. The monoisotopic (exact) mass is 217 g/mol. The van der Waals surface area contributed by atoms with Crippen molar-refractivity contribution in [3.05, 3.63) is 54.6 Å². The van der Waals surface area contributed by atoms with Crippen molar-refractivity contribution in [1.82, 2.24) is 0 Å². The first-order valence-corrected chi connectivity index (χ1v) is 5.81. The predicted octanol–water partition coefficient (Wildman–Crippen LogP) is 2.33. The van der Waals surface area contributed by atoms with E-state index in [9.17, 15) is 4.21 Å². The van der Waals surface area contributed by atoms with Gasteiger partial charge in [-0.15, -0.1) is 0 Å². The lowest BCUT2D eigenvalue weighted by atomic mass is 10.1. The number of hydrogen-bond acceptors (Lipinski definition) is 1. The Morgan fingerprint density at radius 1 is 0.867 bits per heavy atom. The second-order valence-electron chi connectivity index (χ2n) is 3.16. The summed E-state index contributed by atoms with van der Waals surface area (Å²) in [5.74, 6) is 0. The minimum atomic E-state index is -1.44. The molecule has 0 spiro atoms. The SMILES string of the molecule is NS(=O)c1ccccc1-c1ccccc1. The highest BCUT2D eigenvalue weighted by molar-refractivity contribution is 7.82. The average Bonchev–Trinajstić information content (AvgIpc) is 2.30. The summed E-state index contributed by atoms with van der Waals surface area (Å²) in [6.45, 7) is 0. The van der Waals surface area contributed by atoms with Gasteiger partial charge in [0.1, 0.15) is 11.0 Å². The lowest BCUT2D eigenvalue weighted by Crippen LogP contribution is -2.04. The fourth-order valence-corrected chi connectivity index (χ4v) is 2.11. The van der Waals surface area contributed by atoms with E-state index in [4.69, 9.17) is 5.14 Å². The number of benzene rings is 2. The van der Waals surface area contributed by atoms with Gasteiger partial charge < -0.3 is 0 Å². The highest BCUT2D eigenvalue weighted by Gasteiger charge is 2.06. The van der Waals surface area contributed by atoms with Crippen molar-refractivity contribution in [2.24, 2.45) is 5.14 Å². The number of hydrogen-bond donors (Lipinski definition) is 1. The van der Waals surface area contributed by atoms with Gasteiger partial charge in [0.15, 0.2) is 0 Å². The maximum atomic E-state index is 11.3. The second kappa shape index (κ2) is 4.38. The van der Waals surface area contributed by atoms with E-state index in [1.165, 1.54) is 0 Å². The highest BCUT2D eigenvalue weighted by Crippen LogP contribution is 2.24. The van der Waals surface area contributed by atoms with Crippen molar-refractivity contribution in [1.29, 1.82) is 0 Å². The number of nitrogens with two attached hydrogens (primary N) is 1. The van der Waals surface area contributed by atoms with Crippen molar-refractivity contribution >= 4 is 11.0 Å². The van der Waals surface area contributed by atoms with Gasteiger partial charge in [0.05, 0.1) is 4.90 Å². The largest absolute Gasteiger partial charge is 0.248 e. The molecule has 3 heteroatoms. The molecule has 0 radical (unpaired) electrons. The maximum absolute atomic E-state index is 11.3. The molecule has 2 N–H and O–H groups in total. The third-order valence-electron chi connectivity index (χ3n) is 2.19. The van der Waals surface area contributed by atoms with Gasteiger partial charge in [0, 0.05) is 0 Å². The molecule has 0 saturated carbocycles. The molecule has 0 fully saturated rings. The van der Waals surface area contributed by atoms with Gasteiger partial charge >= 0.3 is 0 Å². The van der Waals surface area contributed by atoms with Gasteiger partial charge in [-0.2, -0.15) is 0 Å². The molecule has 2 aromatic rings. The van der Waals surface area contributed by atoms with Gasteiger partial charge in [-0.25, -0.2) is 9.35 Å². The summed E-state index contributed by atoms with van der Waals surface area (Å²) in [5.41, 5.74) is 1.96. The summed E-state index contributed by atoms with van der Waals surface area (Å²) in [7, 11) is -1.44. The molecule has 0 aliphatic rings. The molecule has 2 aromatic carbocycles. The molecule has 1 unspecified atom stereocenters. The van der Waals surface area contributed by atoms with Crippen molar-refractivity contribution in [3.8, 4) is 11.1 Å². The molecular formula is C12H11NOS. The Morgan fingerprint density at radius 2 is 1.47 bits per heavy atom. The highest BCUT2D eigenvalue weighted by atomic mass is 32.2. The Morgan fingerprint density at radius 3 is 2.13 bits per heavy atom. The Hall–Kier alpha value is -1.45. The summed E-state index contributed by atoms with van der Waals surface area (Å²) in [6, 6.07) is 17.3. The molecule has 15 heavy (non-hydrogen) atoms. The van der Waals surface area contributed by atoms with Crippen LogP contribution in [0.4, 0.5) is 0 Å². The van der Waals surface area contributed by atoms with E-state index in [1.807, 2.05) is 48.5 Å². The zero-order valence-electron chi connectivity index (χ0n) is 8.09. The quantitative estimate of drug-likeness (QED) is 0.824. The first kappa shape index (κ1) is 10.1. The minimum absolute atomic E-state index is 0.670. The van der Waals surface area contributed by atoms with E-state index in [0.29, 0.717) is 4.90 Å². The second-order valence-corrected chi connectivity index (χ2v) is 4.19. The standard InChI is InChI=1S/C12H11NOS/c13-15(14)12-9-5-4-8-11(12)10-6-2-1-3-7-10/h1-9H,13H2. The average molecular weight is 217 g/mol. The van der Waals surface area contributed by atoms with Gasteiger partial charge in [-0.1, -0.05) is 48.5 Å². The summed E-state index contributed by atoms with van der Waals surface area (Å²) < 4.78 is 11.3. The van der Waals surface area contributed by atoms with Crippen molar-refractivity contribution in [2.75, 3.05) is 0 Å². The van der Waals surface area contributed by atoms with E-state index >= 15 is 0 Å². The molecular weight excluding hydrogens is 206 g/mol. The zero-order valence-corrected chi connectivity index (χ0v) is 8.91. The zero-order chi connectivity index (χ0) is 10.7. The van der Waals surface area contributed by atoms with E-state index < -0.39 is 11.0 Å². The van der Waals surface area contributed by atoms with Crippen LogP contribution in [0.5, 0.6) is 0 Å². The lowest BCUT2D eigenvalue weighted by Gasteiger charge is -2.06. The lowest BCUT2D eigenvalue weighted by molar-refractivity contribution is 0.684. The Kier molecular flexibility index (Phi) is 2.94. The van der Waals surface area contributed by atoms with Crippen LogP contribution in [0.3, 0.4) is 0 Å². The van der Waals surface area contributed by atoms with E-state index in [-0.39, 0.29) is 0 Å². The Bertz CT molecular complexity index is 482. The first-order chi connectivity index (χ1) is 7.29. The van der Waals surface area contributed by atoms with Gasteiger partial charge in [0.25, 0.3) is 0 Å². The van der Waals surface area contributed by atoms with Crippen molar-refractivity contribution in [2.45, 2.75) is 4.90 Å². The van der Waals surface area contributed by atoms with Crippen LogP contribution >= 0.6 is 0 Å². The van der Waals surface area contributed by atoms with E-state index in [1.54, 1.807) is 6.07 Å². The van der Waals surface area contributed by atoms with Gasteiger partial charge in [-0.3, -0.25) is 0 Å². The Labute approximate surface area is 91.3 Å². The molecule has 2 rings (SSSR count). The van der Waals surface area contributed by atoms with Crippen LogP contribution in [0.2, 0.25) is 0 Å². The molecule has 76 valence electrons. The van der Waals surface area contributed by atoms with Crippen molar-refractivity contribution < 1.29 is 4.21 Å². The van der Waals surface area contributed by atoms with E-state index in [2.05, 4.69) is 0 Å². The third-order valence-corrected chi connectivity index (χ3v) is 2.98. The third kappa shape index (κ3) is 2.14. The first-order valence-electron chi connectivity index (χ1n) is 4.59. The molecule has 0 heterocycles. The fraction of sp³-hybridized carbons (Fsp3) is 0. The topological polar surface area (TPSA) is 43.1 Å². The van der Waals surface area contributed by atoms with Crippen LogP contribution in [0, 0.1) is 0 Å². The van der Waals surface area contributed by atoms with Crippen molar-refractivity contribution in [3.63, 3.8) is 0 Å². The number of rotatable bonds is 2. The summed E-state index contributed by atoms with van der Waals surface area (Å²) in [4.78, 5) is 0.670. The molecule has 0 amide bonds. The van der Waals surface area contributed by atoms with Gasteiger partial charge in [0.2, 0.25) is 0 Å². The fourth-order valence-electron chi connectivity index (χ4n) is 1.50. The van der Waals surface area contributed by atoms with Crippen LogP contribution in [0.1, 0.15) is 0 Å². The minimum Gasteiger partial charge on any atom is -0.248 e. The van der Waals surface area contributed by atoms with Crippen LogP contribution < -0.4 is 5.14 Å². The maximum Gasteiger partial charge on any atom is 0.122 e. The van der Waals surface area contributed by atoms with Gasteiger partial charge in [-0.05, 0) is 17.2 Å². The molecule has 0 bridgehead atoms. The van der Waals surface area contributed by atoms with Crippen LogP contribution in [-0.4, -0.2) is 4.21 Å².